The van der Waals surface area contributed by atoms with Gasteiger partial charge in [0.1, 0.15) is 18.4 Å². The number of nitrogens with zero attached hydrogens (tertiary/aromatic N) is 2. The first kappa shape index (κ1) is 25.3. The van der Waals surface area contributed by atoms with Crippen molar-refractivity contribution < 1.29 is 34.0 Å². The van der Waals surface area contributed by atoms with E-state index in [1.165, 1.54) is 9.80 Å². The number of carbonyl (C=O) groups is 2. The first-order valence-corrected chi connectivity index (χ1v) is 11.6. The van der Waals surface area contributed by atoms with Gasteiger partial charge in [-0.3, -0.25) is 9.69 Å². The number of ether oxygens (including phenoxy) is 3. The largest absolute Gasteiger partial charge is 0.491 e. The minimum absolute atomic E-state index is 0.167. The minimum atomic E-state index is -1.18. The number of carbonyl (C=O) groups excluding carboxylic acids is 1. The molecule has 9 heteroatoms. The van der Waals surface area contributed by atoms with Crippen LogP contribution in [0.5, 0.6) is 5.75 Å². The summed E-state index contributed by atoms with van der Waals surface area (Å²) in [6, 6.07) is 5.88. The molecule has 2 heterocycles. The van der Waals surface area contributed by atoms with E-state index >= 15 is 0 Å². The highest BCUT2D eigenvalue weighted by Gasteiger charge is 2.41. The molecule has 2 saturated heterocycles. The minimum Gasteiger partial charge on any atom is -0.491 e. The molecule has 0 radical (unpaired) electrons. The average molecular weight is 465 g/mol. The molecule has 2 aliphatic heterocycles. The Kier molecular flexibility index (Phi) is 8.56. The second kappa shape index (κ2) is 11.2. The van der Waals surface area contributed by atoms with E-state index in [2.05, 4.69) is 0 Å². The fourth-order valence-corrected chi connectivity index (χ4v) is 4.23. The Bertz CT molecular complexity index is 787. The first-order valence-electron chi connectivity index (χ1n) is 11.6. The number of β-amino-alcohol motifs (C(OH)–C–C–N with tert-alkyl or cyclic N) is 1. The van der Waals surface area contributed by atoms with Gasteiger partial charge in [-0.05, 0) is 64.2 Å². The van der Waals surface area contributed by atoms with Gasteiger partial charge in [0.2, 0.25) is 5.91 Å². The van der Waals surface area contributed by atoms with Crippen molar-refractivity contribution >= 4 is 12.0 Å². The summed E-state index contributed by atoms with van der Waals surface area (Å²) in [5.74, 6) is 0.269. The van der Waals surface area contributed by atoms with Gasteiger partial charge < -0.3 is 29.3 Å². The van der Waals surface area contributed by atoms with E-state index in [4.69, 9.17) is 14.2 Å². The Hall–Kier alpha value is -2.36. The summed E-state index contributed by atoms with van der Waals surface area (Å²) >= 11 is 0. The number of hydrogen-bond donors (Lipinski definition) is 2. The first-order chi connectivity index (χ1) is 15.7. The molecule has 0 spiro atoms. The van der Waals surface area contributed by atoms with Crippen LogP contribution in [0.2, 0.25) is 0 Å². The van der Waals surface area contributed by atoms with Gasteiger partial charge in [-0.25, -0.2) is 4.79 Å². The zero-order chi connectivity index (χ0) is 24.0. The number of amides is 2. The summed E-state index contributed by atoms with van der Waals surface area (Å²) in [6.45, 7) is 7.37. The van der Waals surface area contributed by atoms with Gasteiger partial charge in [0.25, 0.3) is 0 Å². The highest BCUT2D eigenvalue weighted by Crippen LogP contribution is 2.32. The van der Waals surface area contributed by atoms with Crippen LogP contribution in [0, 0.1) is 0 Å². The van der Waals surface area contributed by atoms with Crippen molar-refractivity contribution in [1.82, 2.24) is 9.80 Å². The molecule has 1 unspecified atom stereocenters. The van der Waals surface area contributed by atoms with Crippen molar-refractivity contribution in [1.29, 1.82) is 0 Å². The molecular formula is C24H36N2O7. The standard InChI is InChI=1S/C24H36N2O7/c1-24(2,3)26(23(29)30)21(22(28)25-12-11-18(27)16-25)17-7-9-19(10-8-17)31-14-15-33-20-6-4-5-13-32-20/h7-10,18,20-21,27H,4-6,11-16H2,1-3H3,(H,29,30)/t18-,20?,21-/m0/s1. The maximum atomic E-state index is 13.4. The van der Waals surface area contributed by atoms with Crippen molar-refractivity contribution in [2.24, 2.45) is 0 Å². The molecular weight excluding hydrogens is 428 g/mol. The van der Waals surface area contributed by atoms with Gasteiger partial charge in [0.05, 0.1) is 12.7 Å². The summed E-state index contributed by atoms with van der Waals surface area (Å²) in [6.07, 6.45) is 1.63. The third-order valence-corrected chi connectivity index (χ3v) is 5.89. The smallest absolute Gasteiger partial charge is 0.408 e. The molecule has 184 valence electrons. The number of carboxylic acid groups (broad SMARTS) is 1. The molecule has 2 N–H and O–H groups in total. The Balaban J connectivity index is 1.69. The Morgan fingerprint density at radius 3 is 2.45 bits per heavy atom. The number of aliphatic hydroxyl groups excluding tert-OH is 1. The van der Waals surface area contributed by atoms with Crippen molar-refractivity contribution in [2.45, 2.75) is 70.4 Å². The van der Waals surface area contributed by atoms with Crippen LogP contribution in [0.3, 0.4) is 0 Å². The number of benzene rings is 1. The van der Waals surface area contributed by atoms with Crippen LogP contribution < -0.4 is 4.74 Å². The van der Waals surface area contributed by atoms with E-state index in [-0.39, 0.29) is 18.7 Å². The molecule has 0 saturated carbocycles. The lowest BCUT2D eigenvalue weighted by Crippen LogP contribution is -2.52. The predicted molar refractivity (Wildman–Crippen MR) is 121 cm³/mol. The number of likely N-dealkylation sites (tertiary alicyclic amines) is 1. The summed E-state index contributed by atoms with van der Waals surface area (Å²) in [5.41, 5.74) is -0.254. The Morgan fingerprint density at radius 1 is 1.18 bits per heavy atom. The number of aliphatic hydroxyl groups is 1. The van der Waals surface area contributed by atoms with Crippen LogP contribution in [0.15, 0.2) is 24.3 Å². The van der Waals surface area contributed by atoms with Gasteiger partial charge in [0, 0.05) is 25.2 Å². The van der Waals surface area contributed by atoms with E-state index in [0.717, 1.165) is 25.9 Å². The van der Waals surface area contributed by atoms with Crippen LogP contribution in [0.4, 0.5) is 4.79 Å². The molecule has 0 aromatic heterocycles. The zero-order valence-electron chi connectivity index (χ0n) is 19.7. The van der Waals surface area contributed by atoms with Gasteiger partial charge in [-0.2, -0.15) is 0 Å². The van der Waals surface area contributed by atoms with E-state index in [9.17, 15) is 19.8 Å². The van der Waals surface area contributed by atoms with Crippen molar-refractivity contribution in [3.05, 3.63) is 29.8 Å². The van der Waals surface area contributed by atoms with Gasteiger partial charge in [-0.15, -0.1) is 0 Å². The van der Waals surface area contributed by atoms with E-state index in [1.54, 1.807) is 45.0 Å². The molecule has 0 bridgehead atoms. The predicted octanol–water partition coefficient (Wildman–Crippen LogP) is 3.02. The third kappa shape index (κ3) is 6.82. The molecule has 3 rings (SSSR count). The van der Waals surface area contributed by atoms with Crippen LogP contribution in [0.25, 0.3) is 0 Å². The summed E-state index contributed by atoms with van der Waals surface area (Å²) < 4.78 is 16.9. The third-order valence-electron chi connectivity index (χ3n) is 5.89. The normalized spacial score (nSPS) is 22.1. The maximum Gasteiger partial charge on any atom is 0.408 e. The second-order valence-corrected chi connectivity index (χ2v) is 9.54. The lowest BCUT2D eigenvalue weighted by atomic mass is 9.97. The van der Waals surface area contributed by atoms with Crippen molar-refractivity contribution in [3.8, 4) is 5.75 Å². The highest BCUT2D eigenvalue weighted by atomic mass is 16.7. The Labute approximate surface area is 195 Å². The monoisotopic (exact) mass is 464 g/mol. The Morgan fingerprint density at radius 2 is 1.91 bits per heavy atom. The van der Waals surface area contributed by atoms with Crippen molar-refractivity contribution in [2.75, 3.05) is 32.9 Å². The topological polar surface area (TPSA) is 109 Å². The number of rotatable bonds is 8. The van der Waals surface area contributed by atoms with E-state index in [1.807, 2.05) is 0 Å². The quantitative estimate of drug-likeness (QED) is 0.569. The van der Waals surface area contributed by atoms with E-state index in [0.29, 0.717) is 37.5 Å². The lowest BCUT2D eigenvalue weighted by molar-refractivity contribution is -0.165. The molecule has 2 amide bonds. The molecule has 0 aliphatic carbocycles. The fourth-order valence-electron chi connectivity index (χ4n) is 4.23. The summed E-state index contributed by atoms with van der Waals surface area (Å²) in [7, 11) is 0. The second-order valence-electron chi connectivity index (χ2n) is 9.54. The molecule has 1 aromatic rings. The molecule has 2 fully saturated rings. The van der Waals surface area contributed by atoms with Gasteiger partial charge in [-0.1, -0.05) is 12.1 Å². The lowest BCUT2D eigenvalue weighted by Gasteiger charge is -2.40. The average Bonchev–Trinajstić information content (AvgIpc) is 3.21. The number of hydrogen-bond acceptors (Lipinski definition) is 6. The fraction of sp³-hybridized carbons (Fsp3) is 0.667. The van der Waals surface area contributed by atoms with Gasteiger partial charge >= 0.3 is 6.09 Å². The summed E-state index contributed by atoms with van der Waals surface area (Å²) in [4.78, 5) is 28.3. The molecule has 9 nitrogen and oxygen atoms in total. The highest BCUT2D eigenvalue weighted by molar-refractivity contribution is 5.87. The van der Waals surface area contributed by atoms with Crippen LogP contribution in [0.1, 0.15) is 58.1 Å². The van der Waals surface area contributed by atoms with Crippen LogP contribution >= 0.6 is 0 Å². The van der Waals surface area contributed by atoms with Crippen LogP contribution in [-0.2, 0) is 14.3 Å². The molecule has 3 atom stereocenters. The van der Waals surface area contributed by atoms with Crippen LogP contribution in [-0.4, -0.2) is 82.9 Å². The molecule has 2 aliphatic rings. The molecule has 33 heavy (non-hydrogen) atoms. The SMILES string of the molecule is CC(C)(C)N(C(=O)O)[C@H](C(=O)N1CC[C@H](O)C1)c1ccc(OCCOC2CCCCO2)cc1. The molecule has 1 aromatic carbocycles. The van der Waals surface area contributed by atoms with E-state index < -0.39 is 23.8 Å². The van der Waals surface area contributed by atoms with Gasteiger partial charge in [0.15, 0.2) is 6.29 Å². The maximum absolute atomic E-state index is 13.4. The summed E-state index contributed by atoms with van der Waals surface area (Å²) in [5, 5.41) is 19.8. The zero-order valence-corrected chi connectivity index (χ0v) is 19.7. The van der Waals surface area contributed by atoms with Crippen molar-refractivity contribution in [3.63, 3.8) is 0 Å².